The lowest BCUT2D eigenvalue weighted by atomic mass is 9.18. The van der Waals surface area contributed by atoms with Gasteiger partial charge in [-0.05, 0) is 60.8 Å². The number of aliphatic hydroxyl groups excluding tert-OH is 1. The highest BCUT2D eigenvalue weighted by Crippen LogP contribution is 2.87. The molecular formula is C29H32O7. The Morgan fingerprint density at radius 3 is 2.50 bits per heavy atom. The van der Waals surface area contributed by atoms with Crippen LogP contribution in [-0.4, -0.2) is 53.2 Å². The number of Topliss-reactive ketones (excluding diaryl/α,β-unsaturated/α-hetero) is 3. The summed E-state index contributed by atoms with van der Waals surface area (Å²) < 4.78 is 11.2. The van der Waals surface area contributed by atoms with Crippen LogP contribution in [0.3, 0.4) is 0 Å². The number of hydrogen-bond acceptors (Lipinski definition) is 7. The third kappa shape index (κ3) is 1.91. The van der Waals surface area contributed by atoms with Crippen molar-refractivity contribution >= 4 is 17.3 Å². The van der Waals surface area contributed by atoms with Gasteiger partial charge in [-0.25, -0.2) is 0 Å². The largest absolute Gasteiger partial charge is 0.497 e. The second-order valence-corrected chi connectivity index (χ2v) is 12.7. The molecule has 0 aromatic heterocycles. The van der Waals surface area contributed by atoms with Crippen LogP contribution in [0.5, 0.6) is 5.75 Å². The van der Waals surface area contributed by atoms with Gasteiger partial charge in [0.05, 0.1) is 24.5 Å². The van der Waals surface area contributed by atoms with Crippen molar-refractivity contribution in [2.24, 2.45) is 45.3 Å². The maximum Gasteiger partial charge on any atom is 0.205 e. The number of fused-ring (bicyclic) bond motifs is 1. The summed E-state index contributed by atoms with van der Waals surface area (Å²) in [4.78, 5) is 42.3. The number of allylic oxidation sites excluding steroid dienone is 1. The van der Waals surface area contributed by atoms with E-state index in [0.717, 1.165) is 0 Å². The van der Waals surface area contributed by atoms with Crippen LogP contribution in [0.2, 0.25) is 0 Å². The van der Waals surface area contributed by atoms with Crippen molar-refractivity contribution < 1.29 is 34.1 Å². The smallest absolute Gasteiger partial charge is 0.205 e. The van der Waals surface area contributed by atoms with Crippen molar-refractivity contribution in [3.8, 4) is 5.75 Å². The SMILES string of the molecule is C=C1C2CCC3C45COC(O)(C(O)C4C(C)(C)CCC5=O)C34C(=O)C1(C(=O)c1ccc(OC)cc1)C24. The molecule has 2 spiro atoms. The molecule has 1 aromatic rings. The summed E-state index contributed by atoms with van der Waals surface area (Å²) in [5, 5.41) is 23.9. The first kappa shape index (κ1) is 22.8. The fourth-order valence-corrected chi connectivity index (χ4v) is 10.2. The number of benzene rings is 1. The Balaban J connectivity index is 1.40. The van der Waals surface area contributed by atoms with E-state index < -0.39 is 57.1 Å². The van der Waals surface area contributed by atoms with Gasteiger partial charge in [0.25, 0.3) is 0 Å². The van der Waals surface area contributed by atoms with E-state index in [4.69, 9.17) is 9.47 Å². The van der Waals surface area contributed by atoms with Gasteiger partial charge in [-0.2, -0.15) is 0 Å². The summed E-state index contributed by atoms with van der Waals surface area (Å²) in [6, 6.07) is 6.65. The van der Waals surface area contributed by atoms with Gasteiger partial charge in [0, 0.05) is 23.8 Å². The van der Waals surface area contributed by atoms with E-state index in [1.807, 2.05) is 13.8 Å². The highest BCUT2D eigenvalue weighted by atomic mass is 16.6. The number of carbonyl (C=O) groups excluding carboxylic acids is 3. The molecule has 0 amide bonds. The van der Waals surface area contributed by atoms with Crippen molar-refractivity contribution in [2.75, 3.05) is 13.7 Å². The van der Waals surface area contributed by atoms with Gasteiger partial charge >= 0.3 is 0 Å². The highest BCUT2D eigenvalue weighted by Gasteiger charge is 2.96. The molecule has 2 aliphatic heterocycles. The fourth-order valence-electron chi connectivity index (χ4n) is 10.2. The monoisotopic (exact) mass is 492 g/mol. The molecule has 2 heterocycles. The van der Waals surface area contributed by atoms with Crippen LogP contribution < -0.4 is 4.74 Å². The minimum atomic E-state index is -2.14. The summed E-state index contributed by atoms with van der Waals surface area (Å²) >= 11 is 0. The van der Waals surface area contributed by atoms with Gasteiger partial charge < -0.3 is 19.7 Å². The standard InChI is InChI=1S/C29H32O7/c1-14-17-9-10-18-26-13-36-29(34,23(32)21(26)25(2,3)12-11-19(26)30)28(18)20(17)27(14,24(28)33)22(31)15-5-7-16(35-4)8-6-15/h5-8,17-18,20-21,23,32,34H,1,9-13H2,2-4H3. The molecule has 5 aliphatic carbocycles. The minimum absolute atomic E-state index is 0.00491. The fraction of sp³-hybridized carbons (Fsp3) is 0.621. The topological polar surface area (TPSA) is 110 Å². The van der Waals surface area contributed by atoms with Gasteiger partial charge in [0.15, 0.2) is 11.6 Å². The van der Waals surface area contributed by atoms with Crippen LogP contribution in [0, 0.1) is 45.3 Å². The number of carbonyl (C=O) groups is 3. The van der Waals surface area contributed by atoms with Crippen LogP contribution in [-0.2, 0) is 14.3 Å². The van der Waals surface area contributed by atoms with Gasteiger partial charge in [-0.3, -0.25) is 14.4 Å². The molecular weight excluding hydrogens is 460 g/mol. The second-order valence-electron chi connectivity index (χ2n) is 12.7. The second kappa shape index (κ2) is 6.37. The molecule has 5 saturated carbocycles. The Hall–Kier alpha value is -2.35. The Labute approximate surface area is 209 Å². The van der Waals surface area contributed by atoms with Gasteiger partial charge in [0.2, 0.25) is 5.79 Å². The third-order valence-electron chi connectivity index (χ3n) is 11.4. The van der Waals surface area contributed by atoms with Crippen molar-refractivity contribution in [1.82, 2.24) is 0 Å². The summed E-state index contributed by atoms with van der Waals surface area (Å²) in [7, 11) is 1.54. The van der Waals surface area contributed by atoms with Crippen LogP contribution in [0.15, 0.2) is 36.4 Å². The van der Waals surface area contributed by atoms with Crippen molar-refractivity contribution in [3.05, 3.63) is 42.0 Å². The van der Waals surface area contributed by atoms with E-state index in [1.165, 1.54) is 0 Å². The number of ketones is 3. The van der Waals surface area contributed by atoms with Gasteiger partial charge in [-0.15, -0.1) is 0 Å². The zero-order valence-electron chi connectivity index (χ0n) is 20.9. The zero-order valence-corrected chi connectivity index (χ0v) is 20.9. The number of methoxy groups -OCH3 is 1. The predicted octanol–water partition coefficient (Wildman–Crippen LogP) is 2.73. The molecule has 1 aromatic carbocycles. The third-order valence-corrected chi connectivity index (χ3v) is 11.4. The molecule has 2 bridgehead atoms. The Morgan fingerprint density at radius 2 is 1.83 bits per heavy atom. The molecule has 0 radical (unpaired) electrons. The Morgan fingerprint density at radius 1 is 1.14 bits per heavy atom. The molecule has 7 nitrogen and oxygen atoms in total. The van der Waals surface area contributed by atoms with Crippen molar-refractivity contribution in [1.29, 1.82) is 0 Å². The number of ether oxygens (including phenoxy) is 2. The maximum absolute atomic E-state index is 14.6. The molecule has 7 heteroatoms. The number of rotatable bonds is 3. The average Bonchev–Trinajstić information content (AvgIpc) is 2.86. The van der Waals surface area contributed by atoms with E-state index in [1.54, 1.807) is 31.4 Å². The van der Waals surface area contributed by atoms with Crippen molar-refractivity contribution in [3.63, 3.8) is 0 Å². The first-order valence-electron chi connectivity index (χ1n) is 13.0. The molecule has 190 valence electrons. The van der Waals surface area contributed by atoms with Crippen molar-refractivity contribution in [2.45, 2.75) is 51.4 Å². The Bertz CT molecular complexity index is 1260. The zero-order chi connectivity index (χ0) is 25.6. The Kier molecular flexibility index (Phi) is 4.04. The number of aliphatic hydroxyl groups is 2. The van der Waals surface area contributed by atoms with E-state index in [0.29, 0.717) is 42.6 Å². The molecule has 7 fully saturated rings. The van der Waals surface area contributed by atoms with E-state index in [-0.39, 0.29) is 24.1 Å². The summed E-state index contributed by atoms with van der Waals surface area (Å²) in [5.41, 5.74) is -3.43. The predicted molar refractivity (Wildman–Crippen MR) is 127 cm³/mol. The van der Waals surface area contributed by atoms with Crippen LogP contribution in [0.1, 0.15) is 49.9 Å². The van der Waals surface area contributed by atoms with Crippen LogP contribution in [0.4, 0.5) is 0 Å². The molecule has 2 saturated heterocycles. The summed E-state index contributed by atoms with van der Waals surface area (Å²) in [6.45, 7) is 8.27. The van der Waals surface area contributed by atoms with Gasteiger partial charge in [0.1, 0.15) is 23.1 Å². The normalized spacial score (nSPS) is 49.2. The molecule has 2 N–H and O–H groups in total. The highest BCUT2D eigenvalue weighted by molar-refractivity contribution is 6.25. The van der Waals surface area contributed by atoms with E-state index in [2.05, 4.69) is 6.58 Å². The molecule has 9 atom stereocenters. The first-order valence-corrected chi connectivity index (χ1v) is 13.0. The average molecular weight is 493 g/mol. The van der Waals surface area contributed by atoms with Gasteiger partial charge in [-0.1, -0.05) is 26.0 Å². The summed E-state index contributed by atoms with van der Waals surface area (Å²) in [5.74, 6) is -3.95. The van der Waals surface area contributed by atoms with E-state index in [9.17, 15) is 24.6 Å². The molecule has 7 aliphatic rings. The van der Waals surface area contributed by atoms with Crippen LogP contribution >= 0.6 is 0 Å². The molecule has 9 unspecified atom stereocenters. The lowest BCUT2D eigenvalue weighted by Crippen LogP contribution is -2.95. The minimum Gasteiger partial charge on any atom is -0.497 e. The lowest BCUT2D eigenvalue weighted by molar-refractivity contribution is -0.459. The molecule has 8 rings (SSSR count). The number of hydrogen-bond donors (Lipinski definition) is 2. The summed E-state index contributed by atoms with van der Waals surface area (Å²) in [6.07, 6.45) is 0.842. The van der Waals surface area contributed by atoms with E-state index >= 15 is 0 Å². The quantitative estimate of drug-likeness (QED) is 0.379. The maximum atomic E-state index is 14.6. The lowest BCUT2D eigenvalue weighted by Gasteiger charge is -2.84. The van der Waals surface area contributed by atoms with Crippen LogP contribution in [0.25, 0.3) is 0 Å². The first-order chi connectivity index (χ1) is 17.0. The molecule has 36 heavy (non-hydrogen) atoms.